The van der Waals surface area contributed by atoms with Gasteiger partial charge in [-0.2, -0.15) is 0 Å². The Balaban J connectivity index is 1.32. The van der Waals surface area contributed by atoms with Crippen molar-refractivity contribution in [3.63, 3.8) is 0 Å². The first-order valence-corrected chi connectivity index (χ1v) is 9.87. The lowest BCUT2D eigenvalue weighted by Crippen LogP contribution is -2.45. The number of nitrogens with zero attached hydrogens (tertiary/aromatic N) is 5. The van der Waals surface area contributed by atoms with Gasteiger partial charge in [-0.05, 0) is 38.8 Å². The van der Waals surface area contributed by atoms with E-state index in [0.29, 0.717) is 23.1 Å². The highest BCUT2D eigenvalue weighted by Gasteiger charge is 2.18. The molecule has 2 aliphatic rings. The van der Waals surface area contributed by atoms with Gasteiger partial charge in [-0.3, -0.25) is 4.79 Å². The molecule has 1 saturated heterocycles. The van der Waals surface area contributed by atoms with Gasteiger partial charge < -0.3 is 19.9 Å². The highest BCUT2D eigenvalue weighted by molar-refractivity contribution is 6.03. The van der Waals surface area contributed by atoms with Crippen molar-refractivity contribution in [3.05, 3.63) is 36.3 Å². The van der Waals surface area contributed by atoms with Crippen LogP contribution in [0.5, 0.6) is 5.88 Å². The molecule has 8 heteroatoms. The highest BCUT2D eigenvalue weighted by atomic mass is 16.5. The van der Waals surface area contributed by atoms with Gasteiger partial charge in [-0.15, -0.1) is 0 Å². The zero-order valence-electron chi connectivity index (χ0n) is 16.2. The predicted molar refractivity (Wildman–Crippen MR) is 107 cm³/mol. The lowest BCUT2D eigenvalue weighted by Gasteiger charge is -2.32. The van der Waals surface area contributed by atoms with Gasteiger partial charge >= 0.3 is 0 Å². The van der Waals surface area contributed by atoms with E-state index in [1.807, 2.05) is 0 Å². The second-order valence-corrected chi connectivity index (χ2v) is 7.43. The van der Waals surface area contributed by atoms with Crippen molar-refractivity contribution < 1.29 is 9.53 Å². The van der Waals surface area contributed by atoms with Gasteiger partial charge in [0.15, 0.2) is 0 Å². The van der Waals surface area contributed by atoms with Crippen LogP contribution in [-0.2, 0) is 0 Å². The Kier molecular flexibility index (Phi) is 5.66. The van der Waals surface area contributed by atoms with E-state index in [0.717, 1.165) is 39.0 Å². The maximum absolute atomic E-state index is 12.4. The summed E-state index contributed by atoms with van der Waals surface area (Å²) in [7, 11) is 2.11. The van der Waals surface area contributed by atoms with Crippen LogP contribution in [-0.4, -0.2) is 65.1 Å². The molecule has 3 heterocycles. The molecule has 0 atom stereocenters. The third-order valence-corrected chi connectivity index (χ3v) is 5.27. The summed E-state index contributed by atoms with van der Waals surface area (Å²) in [4.78, 5) is 29.9. The summed E-state index contributed by atoms with van der Waals surface area (Å²) in [6, 6.07) is 3.48. The van der Waals surface area contributed by atoms with Crippen molar-refractivity contribution in [2.75, 3.05) is 43.4 Å². The molecule has 1 saturated carbocycles. The molecule has 0 aromatic carbocycles. The van der Waals surface area contributed by atoms with Crippen LogP contribution in [0.25, 0.3) is 0 Å². The van der Waals surface area contributed by atoms with E-state index >= 15 is 0 Å². The smallest absolute Gasteiger partial charge is 0.257 e. The van der Waals surface area contributed by atoms with Gasteiger partial charge in [0.25, 0.3) is 5.91 Å². The molecule has 2 aromatic heterocycles. The minimum absolute atomic E-state index is 0.240. The minimum atomic E-state index is -0.240. The molecule has 0 spiro atoms. The van der Waals surface area contributed by atoms with Crippen LogP contribution in [0.3, 0.4) is 0 Å². The topological polar surface area (TPSA) is 83.5 Å². The molecule has 8 nitrogen and oxygen atoms in total. The Morgan fingerprint density at radius 1 is 1.04 bits per heavy atom. The molecule has 2 aromatic rings. The molecule has 2 fully saturated rings. The van der Waals surface area contributed by atoms with Crippen molar-refractivity contribution in [3.8, 4) is 5.88 Å². The summed E-state index contributed by atoms with van der Waals surface area (Å²) >= 11 is 0. The lowest BCUT2D eigenvalue weighted by molar-refractivity contribution is 0.102. The van der Waals surface area contributed by atoms with Crippen molar-refractivity contribution in [1.82, 2.24) is 19.9 Å². The number of likely N-dealkylation sites (N-methyl/N-ethyl adjacent to an activating group) is 1. The normalized spacial score (nSPS) is 18.2. The fourth-order valence-electron chi connectivity index (χ4n) is 3.52. The van der Waals surface area contributed by atoms with Crippen LogP contribution < -0.4 is 15.0 Å². The number of carbonyl (C=O) groups excluding carboxylic acids is 1. The molecule has 0 bridgehead atoms. The summed E-state index contributed by atoms with van der Waals surface area (Å²) in [5, 5.41) is 2.82. The summed E-state index contributed by atoms with van der Waals surface area (Å²) in [6.07, 6.45) is 9.65. The third-order valence-electron chi connectivity index (χ3n) is 5.27. The van der Waals surface area contributed by atoms with Gasteiger partial charge in [-0.1, -0.05) is 0 Å². The molecule has 1 amide bonds. The predicted octanol–water partition coefficient (Wildman–Crippen LogP) is 2.20. The van der Waals surface area contributed by atoms with Crippen LogP contribution in [0.2, 0.25) is 0 Å². The second kappa shape index (κ2) is 8.52. The molecular weight excluding hydrogens is 356 g/mol. The van der Waals surface area contributed by atoms with Gasteiger partial charge in [-0.25, -0.2) is 15.0 Å². The quantitative estimate of drug-likeness (QED) is 0.849. The first-order valence-electron chi connectivity index (χ1n) is 9.87. The lowest BCUT2D eigenvalue weighted by atomic mass is 10.2. The molecule has 0 radical (unpaired) electrons. The summed E-state index contributed by atoms with van der Waals surface area (Å²) in [5.74, 6) is 1.03. The average Bonchev–Trinajstić information content (AvgIpc) is 3.23. The van der Waals surface area contributed by atoms with Gasteiger partial charge in [0.05, 0.1) is 23.6 Å². The zero-order chi connectivity index (χ0) is 19.3. The summed E-state index contributed by atoms with van der Waals surface area (Å²) in [6.45, 7) is 3.80. The maximum Gasteiger partial charge on any atom is 0.257 e. The number of aromatic nitrogens is 3. The summed E-state index contributed by atoms with van der Waals surface area (Å²) in [5.41, 5.74) is 1.04. The molecule has 1 aliphatic heterocycles. The Labute approximate surface area is 164 Å². The zero-order valence-corrected chi connectivity index (χ0v) is 16.2. The SMILES string of the molecule is CN1CCN(c2ncc(NC(=O)c3ccc(OC4CCCC4)nc3)cn2)CC1. The first kappa shape index (κ1) is 18.6. The molecule has 1 aliphatic carbocycles. The highest BCUT2D eigenvalue weighted by Crippen LogP contribution is 2.23. The van der Waals surface area contributed by atoms with Crippen LogP contribution in [0, 0.1) is 0 Å². The van der Waals surface area contributed by atoms with Crippen LogP contribution >= 0.6 is 0 Å². The van der Waals surface area contributed by atoms with Crippen molar-refractivity contribution in [2.45, 2.75) is 31.8 Å². The minimum Gasteiger partial charge on any atom is -0.474 e. The van der Waals surface area contributed by atoms with Crippen molar-refractivity contribution in [2.24, 2.45) is 0 Å². The molecular formula is C20H26N6O2. The largest absolute Gasteiger partial charge is 0.474 e. The fourth-order valence-corrected chi connectivity index (χ4v) is 3.52. The van der Waals surface area contributed by atoms with E-state index in [1.165, 1.54) is 12.8 Å². The number of carbonyl (C=O) groups is 1. The third kappa shape index (κ3) is 4.56. The Hall–Kier alpha value is -2.74. The van der Waals surface area contributed by atoms with Crippen LogP contribution in [0.4, 0.5) is 11.6 Å². The average molecular weight is 382 g/mol. The number of nitrogens with one attached hydrogen (secondary N) is 1. The number of rotatable bonds is 5. The van der Waals surface area contributed by atoms with E-state index in [1.54, 1.807) is 30.7 Å². The number of pyridine rings is 1. The van der Waals surface area contributed by atoms with Gasteiger partial charge in [0.2, 0.25) is 11.8 Å². The molecule has 4 rings (SSSR count). The van der Waals surface area contributed by atoms with Crippen LogP contribution in [0.1, 0.15) is 36.0 Å². The molecule has 0 unspecified atom stereocenters. The Morgan fingerprint density at radius 3 is 2.39 bits per heavy atom. The number of amides is 1. The molecule has 1 N–H and O–H groups in total. The van der Waals surface area contributed by atoms with E-state index in [-0.39, 0.29) is 12.0 Å². The second-order valence-electron chi connectivity index (χ2n) is 7.43. The molecule has 148 valence electrons. The number of hydrogen-bond donors (Lipinski definition) is 1. The number of piperazine rings is 1. The summed E-state index contributed by atoms with van der Waals surface area (Å²) < 4.78 is 5.84. The number of ether oxygens (including phenoxy) is 1. The first-order chi connectivity index (χ1) is 13.7. The Bertz CT molecular complexity index is 781. The van der Waals surface area contributed by atoms with Gasteiger partial charge in [0, 0.05) is 38.4 Å². The van der Waals surface area contributed by atoms with E-state index in [2.05, 4.69) is 37.1 Å². The van der Waals surface area contributed by atoms with E-state index in [4.69, 9.17) is 4.74 Å². The Morgan fingerprint density at radius 2 is 1.75 bits per heavy atom. The van der Waals surface area contributed by atoms with Crippen molar-refractivity contribution in [1.29, 1.82) is 0 Å². The molecule has 28 heavy (non-hydrogen) atoms. The number of hydrogen-bond acceptors (Lipinski definition) is 7. The monoisotopic (exact) mass is 382 g/mol. The van der Waals surface area contributed by atoms with Crippen LogP contribution in [0.15, 0.2) is 30.7 Å². The number of anilines is 2. The maximum atomic E-state index is 12.4. The van der Waals surface area contributed by atoms with Crippen molar-refractivity contribution >= 4 is 17.5 Å². The van der Waals surface area contributed by atoms with Gasteiger partial charge in [0.1, 0.15) is 6.10 Å². The van der Waals surface area contributed by atoms with E-state index in [9.17, 15) is 4.79 Å². The van der Waals surface area contributed by atoms with E-state index < -0.39 is 0 Å². The standard InChI is InChI=1S/C20H26N6O2/c1-25-8-10-26(11-9-25)20-22-13-16(14-23-20)24-19(27)15-6-7-18(21-12-15)28-17-4-2-3-5-17/h6-7,12-14,17H,2-5,8-11H2,1H3,(H,24,27). The fraction of sp³-hybridized carbons (Fsp3) is 0.500.